The van der Waals surface area contributed by atoms with E-state index in [4.69, 9.17) is 5.11 Å². The van der Waals surface area contributed by atoms with E-state index in [2.05, 4.69) is 15.9 Å². The number of rotatable bonds is 24. The van der Waals surface area contributed by atoms with Crippen molar-refractivity contribution in [1.82, 2.24) is 0 Å². The Morgan fingerprint density at radius 3 is 0.625 bits per heavy atom. The standard InChI is InChI=1S/C14H12BrF17.C14H13F17O/c15-6-4-2-1-3-5-7(16,17)8(18,19)9(20,21)10(22,23)11(24,25)12(26,27)13(28,29)14(30,31)32;15-7(16,5-3-1-2-4-6-32)8(17,18)9(19,20)10(21,22)11(23,24)12(25,26)13(27,28)14(29,30)31/h1-6H2;32H,1-6H2. The van der Waals surface area contributed by atoms with Gasteiger partial charge in [0.15, 0.2) is 0 Å². The molecule has 0 saturated carbocycles. The van der Waals surface area contributed by atoms with Crippen LogP contribution in [0.3, 0.4) is 0 Å². The molecule has 0 spiro atoms. The molecule has 0 aliphatic carbocycles. The Morgan fingerprint density at radius 2 is 0.422 bits per heavy atom. The molecule has 0 aliphatic rings. The Balaban J connectivity index is 0. The average molecular weight is 1100 g/mol. The third kappa shape index (κ3) is 10.7. The lowest BCUT2D eigenvalue weighted by Gasteiger charge is -2.42. The highest BCUT2D eigenvalue weighted by Gasteiger charge is 2.96. The van der Waals surface area contributed by atoms with Gasteiger partial charge in [0.25, 0.3) is 0 Å². The summed E-state index contributed by atoms with van der Waals surface area (Å²) in [6.07, 6.45) is -23.4. The van der Waals surface area contributed by atoms with Crippen LogP contribution in [0, 0.1) is 0 Å². The lowest BCUT2D eigenvalue weighted by molar-refractivity contribution is -0.461. The van der Waals surface area contributed by atoms with Crippen molar-refractivity contribution in [3.05, 3.63) is 0 Å². The first-order valence-corrected chi connectivity index (χ1v) is 17.3. The maximum Gasteiger partial charge on any atom is 0.460 e. The van der Waals surface area contributed by atoms with E-state index in [1.165, 1.54) is 0 Å². The summed E-state index contributed by atoms with van der Waals surface area (Å²) in [5.41, 5.74) is 0. The van der Waals surface area contributed by atoms with Crippen molar-refractivity contribution >= 4 is 15.9 Å². The molecule has 64 heavy (non-hydrogen) atoms. The Bertz CT molecular complexity index is 1350. The minimum atomic E-state index is -8.59. The van der Waals surface area contributed by atoms with Crippen LogP contribution in [0.15, 0.2) is 0 Å². The van der Waals surface area contributed by atoms with Crippen LogP contribution in [0.5, 0.6) is 0 Å². The van der Waals surface area contributed by atoms with Crippen molar-refractivity contribution in [3.63, 3.8) is 0 Å². The van der Waals surface area contributed by atoms with Crippen molar-refractivity contribution in [2.75, 3.05) is 11.9 Å². The summed E-state index contributed by atoms with van der Waals surface area (Å²) in [5.74, 6) is -112. The second-order valence-corrected chi connectivity index (χ2v) is 13.8. The van der Waals surface area contributed by atoms with Gasteiger partial charge >= 0.3 is 95.3 Å². The van der Waals surface area contributed by atoms with E-state index in [-0.39, 0.29) is 37.4 Å². The van der Waals surface area contributed by atoms with Crippen LogP contribution < -0.4 is 0 Å². The molecule has 0 aromatic heterocycles. The highest BCUT2D eigenvalue weighted by atomic mass is 79.9. The maximum atomic E-state index is 13.5. The first-order valence-electron chi connectivity index (χ1n) is 16.2. The second kappa shape index (κ2) is 19.6. The van der Waals surface area contributed by atoms with Crippen molar-refractivity contribution in [2.45, 2.75) is 159 Å². The first-order chi connectivity index (χ1) is 27.6. The Morgan fingerprint density at radius 1 is 0.234 bits per heavy atom. The summed E-state index contributed by atoms with van der Waals surface area (Å²) in [6, 6.07) is 0. The molecule has 0 aliphatic heterocycles. The number of halogens is 35. The van der Waals surface area contributed by atoms with Gasteiger partial charge in [-0.25, -0.2) is 0 Å². The van der Waals surface area contributed by atoms with Gasteiger partial charge in [-0.05, 0) is 25.7 Å². The van der Waals surface area contributed by atoms with Gasteiger partial charge in [-0.3, -0.25) is 0 Å². The van der Waals surface area contributed by atoms with Crippen LogP contribution in [0.4, 0.5) is 149 Å². The van der Waals surface area contributed by atoms with Gasteiger partial charge in [0.05, 0.1) is 0 Å². The lowest BCUT2D eigenvalue weighted by atomic mass is 9.88. The van der Waals surface area contributed by atoms with Gasteiger partial charge in [0.1, 0.15) is 0 Å². The van der Waals surface area contributed by atoms with Crippen LogP contribution in [-0.4, -0.2) is 112 Å². The second-order valence-electron chi connectivity index (χ2n) is 13.0. The molecule has 0 rings (SSSR count). The molecular weight excluding hydrogens is 1080 g/mol. The molecule has 0 aromatic carbocycles. The molecule has 0 heterocycles. The molecule has 0 saturated heterocycles. The molecule has 1 nitrogen and oxygen atoms in total. The normalized spacial score (nSPS) is 15.9. The molecule has 0 bridgehead atoms. The maximum absolute atomic E-state index is 13.5. The van der Waals surface area contributed by atoms with E-state index in [0.29, 0.717) is 0 Å². The summed E-state index contributed by atoms with van der Waals surface area (Å²) in [6.45, 7) is -0.525. The number of aliphatic hydroxyl groups is 1. The molecule has 388 valence electrons. The number of alkyl halides is 35. The summed E-state index contributed by atoms with van der Waals surface area (Å²) < 4.78 is 443. The van der Waals surface area contributed by atoms with E-state index in [9.17, 15) is 149 Å². The van der Waals surface area contributed by atoms with Gasteiger partial charge in [0.2, 0.25) is 0 Å². The van der Waals surface area contributed by atoms with Crippen molar-refractivity contribution in [3.8, 4) is 0 Å². The zero-order valence-electron chi connectivity index (χ0n) is 30.2. The summed E-state index contributed by atoms with van der Waals surface area (Å²) in [4.78, 5) is 0. The number of aliphatic hydroxyl groups excluding tert-OH is 1. The monoisotopic (exact) mass is 1100 g/mol. The Kier molecular flexibility index (Phi) is 19.6. The summed E-state index contributed by atoms with van der Waals surface area (Å²) >= 11 is 2.87. The first kappa shape index (κ1) is 64.1. The van der Waals surface area contributed by atoms with Crippen LogP contribution in [-0.2, 0) is 0 Å². The largest absolute Gasteiger partial charge is 0.460 e. The third-order valence-electron chi connectivity index (χ3n) is 8.35. The van der Waals surface area contributed by atoms with Gasteiger partial charge in [0, 0.05) is 24.8 Å². The van der Waals surface area contributed by atoms with E-state index >= 15 is 0 Å². The van der Waals surface area contributed by atoms with E-state index in [1.54, 1.807) is 0 Å². The number of hydrogen-bond acceptors (Lipinski definition) is 1. The van der Waals surface area contributed by atoms with Gasteiger partial charge in [-0.2, -0.15) is 149 Å². The Hall–Kier alpha value is -1.94. The molecule has 0 aromatic rings. The highest BCUT2D eigenvalue weighted by Crippen LogP contribution is 2.66. The zero-order valence-corrected chi connectivity index (χ0v) is 31.7. The molecule has 0 fully saturated rings. The fraction of sp³-hybridized carbons (Fsp3) is 1.00. The summed E-state index contributed by atoms with van der Waals surface area (Å²) in [7, 11) is 0. The van der Waals surface area contributed by atoms with Crippen molar-refractivity contribution < 1.29 is 154 Å². The minimum absolute atomic E-state index is 0.0241. The number of hydrogen-bond donors (Lipinski definition) is 1. The molecule has 0 atom stereocenters. The molecule has 36 heteroatoms. The lowest BCUT2D eigenvalue weighted by Crippen LogP contribution is -2.74. The quantitative estimate of drug-likeness (QED) is 0.0580. The van der Waals surface area contributed by atoms with Crippen molar-refractivity contribution in [1.29, 1.82) is 0 Å². The molecule has 0 unspecified atom stereocenters. The molecule has 1 N–H and O–H groups in total. The van der Waals surface area contributed by atoms with E-state index < -0.39 is 134 Å². The Labute approximate surface area is 342 Å². The smallest absolute Gasteiger partial charge is 0.396 e. The van der Waals surface area contributed by atoms with E-state index in [0.717, 1.165) is 0 Å². The zero-order chi connectivity index (χ0) is 52.5. The van der Waals surface area contributed by atoms with Crippen molar-refractivity contribution in [2.24, 2.45) is 0 Å². The van der Waals surface area contributed by atoms with Crippen LogP contribution >= 0.6 is 15.9 Å². The van der Waals surface area contributed by atoms with Crippen LogP contribution in [0.1, 0.15) is 64.2 Å². The topological polar surface area (TPSA) is 20.2 Å². The molecule has 0 radical (unpaired) electrons. The summed E-state index contributed by atoms with van der Waals surface area (Å²) in [5, 5.41) is 8.68. The fourth-order valence-electron chi connectivity index (χ4n) is 4.31. The predicted molar refractivity (Wildman–Crippen MR) is 148 cm³/mol. The van der Waals surface area contributed by atoms with Crippen LogP contribution in [0.2, 0.25) is 0 Å². The van der Waals surface area contributed by atoms with Gasteiger partial charge in [-0.1, -0.05) is 41.6 Å². The van der Waals surface area contributed by atoms with E-state index in [1.807, 2.05) is 0 Å². The van der Waals surface area contributed by atoms with Gasteiger partial charge < -0.3 is 5.11 Å². The molecule has 0 amide bonds. The minimum Gasteiger partial charge on any atom is -0.396 e. The van der Waals surface area contributed by atoms with Crippen LogP contribution in [0.25, 0.3) is 0 Å². The molecular formula is C28H25BrF34O. The third-order valence-corrected chi connectivity index (χ3v) is 8.91. The SMILES string of the molecule is FC(F)(F)C(F)(F)C(F)(F)C(F)(F)C(F)(F)C(F)(F)C(F)(F)C(F)(F)CCCCCCBr.OCCCCCCC(F)(F)C(F)(F)C(F)(F)C(F)(F)C(F)(F)C(F)(F)C(F)(F)C(F)(F)F. The highest BCUT2D eigenvalue weighted by molar-refractivity contribution is 9.09. The van der Waals surface area contributed by atoms with Gasteiger partial charge in [-0.15, -0.1) is 0 Å². The number of unbranched alkanes of at least 4 members (excludes halogenated alkanes) is 6. The average Bonchev–Trinajstić information content (AvgIpc) is 3.09. The fourth-order valence-corrected chi connectivity index (χ4v) is 4.71. The predicted octanol–water partition coefficient (Wildman–Crippen LogP) is 15.3.